The summed E-state index contributed by atoms with van der Waals surface area (Å²) in [5.41, 5.74) is -0.517. The fourth-order valence-electron chi connectivity index (χ4n) is 3.08. The zero-order valence-electron chi connectivity index (χ0n) is 18.4. The Balaban J connectivity index is 0.00000450. The van der Waals surface area contributed by atoms with Gasteiger partial charge in [-0.25, -0.2) is 14.2 Å². The number of carbonyl (C=O) groups excluding carboxylic acids is 1. The summed E-state index contributed by atoms with van der Waals surface area (Å²) in [6.07, 6.45) is 2.13. The summed E-state index contributed by atoms with van der Waals surface area (Å²) in [4.78, 5) is 24.2. The van der Waals surface area contributed by atoms with Crippen LogP contribution >= 0.6 is 24.0 Å². The van der Waals surface area contributed by atoms with E-state index in [2.05, 4.69) is 20.6 Å². The number of halogens is 2. The molecule has 0 radical (unpaired) electrons. The molecule has 2 rings (SSSR count). The molecular formula is C20H34FIN6O2. The molecule has 0 saturated carbocycles. The van der Waals surface area contributed by atoms with Gasteiger partial charge in [0.2, 0.25) is 0 Å². The summed E-state index contributed by atoms with van der Waals surface area (Å²) in [7, 11) is 1.70. The first-order valence-corrected chi connectivity index (χ1v) is 10.0. The number of hydrogen-bond donors (Lipinski definition) is 2. The van der Waals surface area contributed by atoms with Gasteiger partial charge in [-0.3, -0.25) is 4.99 Å². The maximum absolute atomic E-state index is 13.9. The minimum atomic E-state index is -0.517. The molecule has 1 aromatic heterocycles. The van der Waals surface area contributed by atoms with E-state index in [1.807, 2.05) is 32.6 Å². The Bertz CT molecular complexity index is 713. The number of likely N-dealkylation sites (N-methyl/N-ethyl adjacent to an activating group) is 1. The minimum absolute atomic E-state index is 0. The first-order chi connectivity index (χ1) is 13.7. The van der Waals surface area contributed by atoms with Gasteiger partial charge in [-0.05, 0) is 46.2 Å². The number of rotatable bonds is 6. The van der Waals surface area contributed by atoms with Crippen LogP contribution in [0.3, 0.4) is 0 Å². The fourth-order valence-corrected chi connectivity index (χ4v) is 3.08. The normalized spacial score (nSPS) is 16.7. The molecule has 1 saturated heterocycles. The molecule has 1 atom stereocenters. The predicted molar refractivity (Wildman–Crippen MR) is 128 cm³/mol. The summed E-state index contributed by atoms with van der Waals surface area (Å²) in [5, 5.41) is 6.58. The standard InChI is InChI=1S/C20H33FN6O2.HI/c1-6-26(19(28)29-20(2,3)4)13-11-24-18(22-5)25-15-9-12-27(14-15)17-16(21)8-7-10-23-17;/h7-8,10,15H,6,9,11-14H2,1-5H3,(H2,22,24,25);1H. The number of carbonyl (C=O) groups is 1. The molecule has 1 unspecified atom stereocenters. The van der Waals surface area contributed by atoms with Crippen molar-refractivity contribution in [3.05, 3.63) is 24.1 Å². The second-order valence-electron chi connectivity index (χ2n) is 7.94. The van der Waals surface area contributed by atoms with Crippen LogP contribution in [0, 0.1) is 5.82 Å². The van der Waals surface area contributed by atoms with Crippen LogP contribution in [0.15, 0.2) is 23.3 Å². The monoisotopic (exact) mass is 536 g/mol. The Morgan fingerprint density at radius 2 is 2.20 bits per heavy atom. The average molecular weight is 536 g/mol. The summed E-state index contributed by atoms with van der Waals surface area (Å²) in [5.74, 6) is 0.728. The number of aromatic nitrogens is 1. The Labute approximate surface area is 195 Å². The summed E-state index contributed by atoms with van der Waals surface area (Å²) >= 11 is 0. The van der Waals surface area contributed by atoms with E-state index >= 15 is 0 Å². The molecule has 1 fully saturated rings. The molecule has 0 aromatic carbocycles. The number of amides is 1. The number of anilines is 1. The highest BCUT2D eigenvalue weighted by molar-refractivity contribution is 14.0. The van der Waals surface area contributed by atoms with E-state index < -0.39 is 5.60 Å². The first kappa shape index (κ1) is 26.2. The van der Waals surface area contributed by atoms with Crippen molar-refractivity contribution >= 4 is 41.8 Å². The zero-order valence-corrected chi connectivity index (χ0v) is 20.8. The van der Waals surface area contributed by atoms with Crippen LogP contribution in [0.5, 0.6) is 0 Å². The van der Waals surface area contributed by atoms with Crippen LogP contribution in [-0.4, -0.2) is 73.4 Å². The van der Waals surface area contributed by atoms with Crippen LogP contribution in [0.4, 0.5) is 15.0 Å². The van der Waals surface area contributed by atoms with Gasteiger partial charge in [0.15, 0.2) is 17.6 Å². The number of nitrogens with zero attached hydrogens (tertiary/aromatic N) is 4. The van der Waals surface area contributed by atoms with Gasteiger partial charge in [-0.1, -0.05) is 0 Å². The fraction of sp³-hybridized carbons (Fsp3) is 0.650. The molecule has 0 spiro atoms. The van der Waals surface area contributed by atoms with Crippen molar-refractivity contribution in [1.82, 2.24) is 20.5 Å². The maximum Gasteiger partial charge on any atom is 0.410 e. The molecule has 30 heavy (non-hydrogen) atoms. The van der Waals surface area contributed by atoms with Crippen molar-refractivity contribution in [2.75, 3.05) is 44.7 Å². The average Bonchev–Trinajstić information content (AvgIpc) is 3.11. The second kappa shape index (κ2) is 12.1. The molecule has 170 valence electrons. The van der Waals surface area contributed by atoms with Gasteiger partial charge in [0.25, 0.3) is 0 Å². The number of pyridine rings is 1. The molecule has 8 nitrogen and oxygen atoms in total. The third kappa shape index (κ3) is 8.11. The number of nitrogens with one attached hydrogen (secondary N) is 2. The van der Waals surface area contributed by atoms with E-state index in [0.717, 1.165) is 13.0 Å². The first-order valence-electron chi connectivity index (χ1n) is 10.0. The van der Waals surface area contributed by atoms with Crippen molar-refractivity contribution in [2.24, 2.45) is 4.99 Å². The number of aliphatic imine (C=N–C) groups is 1. The largest absolute Gasteiger partial charge is 0.444 e. The van der Waals surface area contributed by atoms with E-state index in [0.29, 0.717) is 38.0 Å². The molecule has 10 heteroatoms. The quantitative estimate of drug-likeness (QED) is 0.331. The van der Waals surface area contributed by atoms with Crippen LogP contribution in [-0.2, 0) is 4.74 Å². The molecular weight excluding hydrogens is 502 g/mol. The van der Waals surface area contributed by atoms with E-state index in [9.17, 15) is 9.18 Å². The van der Waals surface area contributed by atoms with Gasteiger partial charge in [-0.2, -0.15) is 0 Å². The number of ether oxygens (including phenoxy) is 1. The van der Waals surface area contributed by atoms with Gasteiger partial charge >= 0.3 is 6.09 Å². The Hall–Kier alpha value is -1.85. The molecule has 1 aliphatic heterocycles. The molecule has 1 amide bonds. The van der Waals surface area contributed by atoms with Gasteiger partial charge in [0.05, 0.1) is 0 Å². The van der Waals surface area contributed by atoms with E-state index in [1.165, 1.54) is 6.07 Å². The van der Waals surface area contributed by atoms with Gasteiger partial charge in [0, 0.05) is 52.0 Å². The van der Waals surface area contributed by atoms with E-state index in [-0.39, 0.29) is 41.9 Å². The van der Waals surface area contributed by atoms with Crippen molar-refractivity contribution < 1.29 is 13.9 Å². The van der Waals surface area contributed by atoms with E-state index in [4.69, 9.17) is 4.74 Å². The third-order valence-electron chi connectivity index (χ3n) is 4.50. The lowest BCUT2D eigenvalue weighted by Gasteiger charge is -2.27. The van der Waals surface area contributed by atoms with Gasteiger partial charge < -0.3 is 25.2 Å². The Morgan fingerprint density at radius 1 is 1.47 bits per heavy atom. The Morgan fingerprint density at radius 3 is 2.80 bits per heavy atom. The summed E-state index contributed by atoms with van der Waals surface area (Å²) in [6.45, 7) is 10.5. The molecule has 2 heterocycles. The highest BCUT2D eigenvalue weighted by Crippen LogP contribution is 2.20. The molecule has 2 N–H and O–H groups in total. The van der Waals surface area contributed by atoms with Crippen LogP contribution in [0.2, 0.25) is 0 Å². The third-order valence-corrected chi connectivity index (χ3v) is 4.50. The molecule has 1 aromatic rings. The van der Waals surface area contributed by atoms with Crippen molar-refractivity contribution in [2.45, 2.75) is 45.8 Å². The lowest BCUT2D eigenvalue weighted by atomic mass is 10.2. The maximum atomic E-state index is 13.9. The van der Waals surface area contributed by atoms with Crippen molar-refractivity contribution in [3.8, 4) is 0 Å². The zero-order chi connectivity index (χ0) is 21.4. The topological polar surface area (TPSA) is 82.1 Å². The van der Waals surface area contributed by atoms with Crippen molar-refractivity contribution in [3.63, 3.8) is 0 Å². The predicted octanol–water partition coefficient (Wildman–Crippen LogP) is 2.84. The molecule has 1 aliphatic rings. The second-order valence-corrected chi connectivity index (χ2v) is 7.94. The lowest BCUT2D eigenvalue weighted by Crippen LogP contribution is -2.47. The highest BCUT2D eigenvalue weighted by Gasteiger charge is 2.26. The van der Waals surface area contributed by atoms with E-state index in [1.54, 1.807) is 24.2 Å². The van der Waals surface area contributed by atoms with Gasteiger partial charge in [-0.15, -0.1) is 24.0 Å². The van der Waals surface area contributed by atoms with Crippen LogP contribution in [0.1, 0.15) is 34.1 Å². The lowest BCUT2D eigenvalue weighted by molar-refractivity contribution is 0.0264. The smallest absolute Gasteiger partial charge is 0.410 e. The number of guanidine groups is 1. The highest BCUT2D eigenvalue weighted by atomic mass is 127. The Kier molecular flexibility index (Phi) is 10.6. The van der Waals surface area contributed by atoms with Gasteiger partial charge in [0.1, 0.15) is 5.60 Å². The van der Waals surface area contributed by atoms with Crippen molar-refractivity contribution in [1.29, 1.82) is 0 Å². The SMILES string of the molecule is CCN(CCNC(=NC)NC1CCN(c2ncccc2F)C1)C(=O)OC(C)(C)C.I. The summed E-state index contributed by atoms with van der Waals surface area (Å²) in [6, 6.07) is 3.15. The number of hydrogen-bond acceptors (Lipinski definition) is 5. The minimum Gasteiger partial charge on any atom is -0.444 e. The molecule has 0 bridgehead atoms. The van der Waals surface area contributed by atoms with Crippen LogP contribution < -0.4 is 15.5 Å². The summed E-state index contributed by atoms with van der Waals surface area (Å²) < 4.78 is 19.4. The van der Waals surface area contributed by atoms with Crippen LogP contribution in [0.25, 0.3) is 0 Å². The molecule has 0 aliphatic carbocycles.